The van der Waals surface area contributed by atoms with Gasteiger partial charge in [0.15, 0.2) is 5.82 Å². The molecule has 0 saturated carbocycles. The predicted octanol–water partition coefficient (Wildman–Crippen LogP) is -0.596. The van der Waals surface area contributed by atoms with Crippen molar-refractivity contribution in [2.75, 3.05) is 17.5 Å². The van der Waals surface area contributed by atoms with Crippen molar-refractivity contribution in [1.82, 2.24) is 25.3 Å². The Morgan fingerprint density at radius 2 is 2.18 bits per heavy atom. The highest BCUT2D eigenvalue weighted by molar-refractivity contribution is 7.92. The van der Waals surface area contributed by atoms with E-state index in [2.05, 4.69) is 25.2 Å². The first kappa shape index (κ1) is 15.9. The Morgan fingerprint density at radius 3 is 2.86 bits per heavy atom. The molecule has 0 spiro atoms. The van der Waals surface area contributed by atoms with Gasteiger partial charge >= 0.3 is 0 Å². The summed E-state index contributed by atoms with van der Waals surface area (Å²) in [5.41, 5.74) is 0.889. The summed E-state index contributed by atoms with van der Waals surface area (Å²) in [6, 6.07) is 5.59. The lowest BCUT2D eigenvalue weighted by Crippen LogP contribution is -2.30. The summed E-state index contributed by atoms with van der Waals surface area (Å²) >= 11 is 0. The number of nitrogens with zero attached hydrogens (tertiary/aromatic N) is 4. The van der Waals surface area contributed by atoms with E-state index < -0.39 is 10.0 Å². The van der Waals surface area contributed by atoms with E-state index in [0.29, 0.717) is 13.0 Å². The molecule has 2 aromatic heterocycles. The van der Waals surface area contributed by atoms with Crippen LogP contribution in [0.4, 0.5) is 5.82 Å². The van der Waals surface area contributed by atoms with E-state index in [1.807, 2.05) is 18.2 Å². The Hall–Kier alpha value is -2.49. The largest absolute Gasteiger partial charge is 0.354 e. The number of aromatic nitrogens is 4. The predicted molar refractivity (Wildman–Crippen MR) is 79.4 cm³/mol. The van der Waals surface area contributed by atoms with Crippen LogP contribution in [0.5, 0.6) is 0 Å². The zero-order chi connectivity index (χ0) is 16.0. The number of nitrogens with one attached hydrogen (secondary N) is 2. The van der Waals surface area contributed by atoms with Crippen molar-refractivity contribution in [3.8, 4) is 0 Å². The smallest absolute Gasteiger partial charge is 0.243 e. The third-order valence-electron chi connectivity index (χ3n) is 2.54. The molecule has 0 unspecified atom stereocenters. The molecule has 22 heavy (non-hydrogen) atoms. The van der Waals surface area contributed by atoms with E-state index in [1.54, 1.807) is 6.20 Å². The van der Waals surface area contributed by atoms with E-state index in [9.17, 15) is 13.2 Å². The van der Waals surface area contributed by atoms with E-state index in [4.69, 9.17) is 0 Å². The van der Waals surface area contributed by atoms with Crippen LogP contribution >= 0.6 is 0 Å². The minimum Gasteiger partial charge on any atom is -0.354 e. The van der Waals surface area contributed by atoms with E-state index in [-0.39, 0.29) is 18.3 Å². The first-order chi connectivity index (χ1) is 10.4. The third-order valence-corrected chi connectivity index (χ3v) is 3.12. The number of hydrogen-bond donors (Lipinski definition) is 2. The highest BCUT2D eigenvalue weighted by Crippen LogP contribution is 2.01. The minimum absolute atomic E-state index is 0.0729. The maximum atomic E-state index is 11.7. The van der Waals surface area contributed by atoms with E-state index >= 15 is 0 Å². The summed E-state index contributed by atoms with van der Waals surface area (Å²) in [5, 5.41) is 10.4. The molecule has 2 heterocycles. The molecule has 1 amide bonds. The molecule has 2 rings (SSSR count). The number of carbonyl (C=O) groups excluding carboxylic acids is 1. The van der Waals surface area contributed by atoms with Crippen LogP contribution in [0.2, 0.25) is 0 Å². The van der Waals surface area contributed by atoms with E-state index in [1.165, 1.54) is 6.20 Å². The summed E-state index contributed by atoms with van der Waals surface area (Å²) < 4.78 is 24.2. The lowest BCUT2D eigenvalue weighted by molar-refractivity contribution is -0.122. The summed E-state index contributed by atoms with van der Waals surface area (Å²) in [4.78, 5) is 17.0. The van der Waals surface area contributed by atoms with Gasteiger partial charge in [-0.2, -0.15) is 9.90 Å². The van der Waals surface area contributed by atoms with E-state index in [0.717, 1.165) is 16.7 Å². The molecular weight excluding hydrogens is 308 g/mol. The summed E-state index contributed by atoms with van der Waals surface area (Å²) in [6.45, 7) is 0.360. The molecule has 118 valence electrons. The lowest BCUT2D eigenvalue weighted by atomic mass is 10.3. The molecule has 2 N–H and O–H groups in total. The SMILES string of the molecule is CS(=O)(=O)Nc1cnn(CC(=O)NCCc2ccccn2)n1. The topological polar surface area (TPSA) is 119 Å². The molecule has 0 aromatic carbocycles. The van der Waals surface area contributed by atoms with Crippen molar-refractivity contribution in [2.45, 2.75) is 13.0 Å². The second-order valence-electron chi connectivity index (χ2n) is 4.56. The van der Waals surface area contributed by atoms with Crippen LogP contribution < -0.4 is 10.0 Å². The van der Waals surface area contributed by atoms with Crippen LogP contribution in [0.25, 0.3) is 0 Å². The fourth-order valence-corrected chi connectivity index (χ4v) is 2.14. The Labute approximate surface area is 127 Å². The normalized spacial score (nSPS) is 11.1. The highest BCUT2D eigenvalue weighted by atomic mass is 32.2. The Bertz CT molecular complexity index is 728. The molecule has 9 nitrogen and oxygen atoms in total. The van der Waals surface area contributed by atoms with Gasteiger partial charge in [-0.15, -0.1) is 5.10 Å². The van der Waals surface area contributed by atoms with Gasteiger partial charge < -0.3 is 5.32 Å². The number of anilines is 1. The standard InChI is InChI=1S/C12H16N6O3S/c1-22(20,21)17-11-8-15-18(16-11)9-12(19)14-7-5-10-4-2-3-6-13-10/h2-4,6,8H,5,7,9H2,1H3,(H,14,19)(H,16,17). The van der Waals surface area contributed by atoms with Crippen molar-refractivity contribution in [1.29, 1.82) is 0 Å². The number of sulfonamides is 1. The molecule has 0 fully saturated rings. The highest BCUT2D eigenvalue weighted by Gasteiger charge is 2.08. The van der Waals surface area contributed by atoms with Crippen molar-refractivity contribution >= 4 is 21.7 Å². The van der Waals surface area contributed by atoms with Gasteiger partial charge in [0.05, 0.1) is 12.5 Å². The van der Waals surface area contributed by atoms with Crippen molar-refractivity contribution in [3.63, 3.8) is 0 Å². The zero-order valence-corrected chi connectivity index (χ0v) is 12.7. The maximum absolute atomic E-state index is 11.7. The van der Waals surface area contributed by atoms with Crippen molar-refractivity contribution in [2.24, 2.45) is 0 Å². The molecule has 0 bridgehead atoms. The summed E-state index contributed by atoms with van der Waals surface area (Å²) in [6.07, 6.45) is 4.57. The maximum Gasteiger partial charge on any atom is 0.243 e. The number of carbonyl (C=O) groups is 1. The quantitative estimate of drug-likeness (QED) is 0.702. The summed E-state index contributed by atoms with van der Waals surface area (Å²) in [7, 11) is -3.41. The van der Waals surface area contributed by atoms with Crippen LogP contribution in [0, 0.1) is 0 Å². The Kier molecular flexibility index (Phi) is 5.04. The second-order valence-corrected chi connectivity index (χ2v) is 6.30. The fourth-order valence-electron chi connectivity index (χ4n) is 1.67. The van der Waals surface area contributed by atoms with Gasteiger partial charge in [0.2, 0.25) is 15.9 Å². The van der Waals surface area contributed by atoms with Gasteiger partial charge in [0, 0.05) is 24.9 Å². The first-order valence-electron chi connectivity index (χ1n) is 6.47. The average molecular weight is 324 g/mol. The number of pyridine rings is 1. The Morgan fingerprint density at radius 1 is 1.36 bits per heavy atom. The van der Waals surface area contributed by atoms with Crippen LogP contribution in [0.3, 0.4) is 0 Å². The van der Waals surface area contributed by atoms with Crippen molar-refractivity contribution in [3.05, 3.63) is 36.3 Å². The van der Waals surface area contributed by atoms with Crippen molar-refractivity contribution < 1.29 is 13.2 Å². The third kappa shape index (κ3) is 5.48. The van der Waals surface area contributed by atoms with Gasteiger partial charge in [0.1, 0.15) is 6.54 Å². The monoisotopic (exact) mass is 324 g/mol. The van der Waals surface area contributed by atoms with Gasteiger partial charge in [-0.05, 0) is 12.1 Å². The molecule has 2 aromatic rings. The van der Waals surface area contributed by atoms with Gasteiger partial charge in [-0.25, -0.2) is 8.42 Å². The minimum atomic E-state index is -3.41. The molecule has 0 saturated heterocycles. The lowest BCUT2D eigenvalue weighted by Gasteiger charge is -2.04. The van der Waals surface area contributed by atoms with Crippen LogP contribution in [-0.2, 0) is 27.8 Å². The molecule has 0 aliphatic rings. The average Bonchev–Trinajstić information content (AvgIpc) is 2.84. The van der Waals surface area contributed by atoms with Crippen LogP contribution in [-0.4, -0.2) is 47.1 Å². The number of hydrogen-bond acceptors (Lipinski definition) is 6. The number of rotatable bonds is 7. The molecule has 0 atom stereocenters. The van der Waals surface area contributed by atoms with Crippen LogP contribution in [0.15, 0.2) is 30.6 Å². The summed E-state index contributed by atoms with van der Waals surface area (Å²) in [5.74, 6) is -0.193. The number of amides is 1. The van der Waals surface area contributed by atoms with Gasteiger partial charge in [0.25, 0.3) is 0 Å². The molecule has 0 aliphatic heterocycles. The zero-order valence-electron chi connectivity index (χ0n) is 11.9. The Balaban J connectivity index is 1.77. The molecular formula is C12H16N6O3S. The van der Waals surface area contributed by atoms with Gasteiger partial charge in [-0.3, -0.25) is 14.5 Å². The van der Waals surface area contributed by atoms with Gasteiger partial charge in [-0.1, -0.05) is 6.07 Å². The molecule has 10 heteroatoms. The molecule has 0 aliphatic carbocycles. The fraction of sp³-hybridized carbons (Fsp3) is 0.333. The molecule has 0 radical (unpaired) electrons. The van der Waals surface area contributed by atoms with Crippen LogP contribution in [0.1, 0.15) is 5.69 Å². The second kappa shape index (κ2) is 6.98. The first-order valence-corrected chi connectivity index (χ1v) is 8.36.